The third kappa shape index (κ3) is 6.32. The van der Waals surface area contributed by atoms with Crippen molar-refractivity contribution in [2.75, 3.05) is 20.1 Å². The number of hydrogen-bond acceptors (Lipinski definition) is 5. The summed E-state index contributed by atoms with van der Waals surface area (Å²) in [7, 11) is 2.28. The highest BCUT2D eigenvalue weighted by molar-refractivity contribution is 14.0. The maximum Gasteiger partial charge on any atom is 0.228 e. The number of nitrogens with zero attached hydrogens (tertiary/aromatic N) is 4. The number of fused-ring (bicyclic) bond motifs is 2. The Morgan fingerprint density at radius 1 is 1.29 bits per heavy atom. The van der Waals surface area contributed by atoms with Gasteiger partial charge in [-0.3, -0.25) is 4.99 Å². The van der Waals surface area contributed by atoms with E-state index in [2.05, 4.69) is 39.6 Å². The van der Waals surface area contributed by atoms with Gasteiger partial charge in [-0.2, -0.15) is 4.98 Å². The third-order valence-electron chi connectivity index (χ3n) is 6.17. The van der Waals surface area contributed by atoms with Crippen molar-refractivity contribution in [1.82, 2.24) is 25.7 Å². The highest BCUT2D eigenvalue weighted by Crippen LogP contribution is 2.32. The van der Waals surface area contributed by atoms with E-state index in [1.54, 1.807) is 0 Å². The molecule has 2 fully saturated rings. The maximum absolute atomic E-state index is 6.05. The van der Waals surface area contributed by atoms with Crippen LogP contribution in [0.15, 0.2) is 33.8 Å². The number of guanidine groups is 1. The van der Waals surface area contributed by atoms with Crippen molar-refractivity contribution in [3.63, 3.8) is 0 Å². The van der Waals surface area contributed by atoms with Gasteiger partial charge in [0.2, 0.25) is 11.7 Å². The number of halogens is 2. The Hall–Kier alpha value is -1.39. The molecule has 9 heteroatoms. The zero-order valence-corrected chi connectivity index (χ0v) is 21.3. The number of hydrogen-bond donors (Lipinski definition) is 2. The number of aromatic nitrogens is 2. The molecule has 0 aliphatic carbocycles. The number of piperidine rings is 2. The molecule has 0 saturated carbocycles. The van der Waals surface area contributed by atoms with Gasteiger partial charge in [-0.15, -0.1) is 24.0 Å². The van der Waals surface area contributed by atoms with Crippen LogP contribution < -0.4 is 10.6 Å². The van der Waals surface area contributed by atoms with Gasteiger partial charge in [0.05, 0.1) is 6.54 Å². The van der Waals surface area contributed by atoms with Crippen LogP contribution in [0.1, 0.15) is 44.9 Å². The molecule has 1 aromatic heterocycles. The lowest BCUT2D eigenvalue weighted by Gasteiger charge is -2.47. The standard InChI is InChI=1S/C22H31ClN6O.HI/c1-3-24-22(26-17-13-18-8-5-9-19(14-17)29(18)2)25-11-10-20-27-21(28-30-20)15-6-4-7-16(23)12-15;/h4,6-7,12,17-19H,3,5,8-11,13-14H2,1-2H3,(H2,24,25,26);1H. The molecule has 3 heterocycles. The van der Waals surface area contributed by atoms with E-state index in [1.807, 2.05) is 24.3 Å². The van der Waals surface area contributed by atoms with E-state index in [-0.39, 0.29) is 24.0 Å². The zero-order chi connectivity index (χ0) is 20.9. The topological polar surface area (TPSA) is 78.6 Å². The van der Waals surface area contributed by atoms with Crippen LogP contribution in [0.2, 0.25) is 5.02 Å². The summed E-state index contributed by atoms with van der Waals surface area (Å²) >= 11 is 6.05. The normalized spacial score (nSPS) is 23.8. The number of nitrogens with one attached hydrogen (secondary N) is 2. The molecule has 2 bridgehead atoms. The molecule has 4 rings (SSSR count). The van der Waals surface area contributed by atoms with Crippen LogP contribution in [0.5, 0.6) is 0 Å². The van der Waals surface area contributed by atoms with Gasteiger partial charge in [0.1, 0.15) is 0 Å². The molecular weight excluding hydrogens is 527 g/mol. The molecule has 2 saturated heterocycles. The van der Waals surface area contributed by atoms with Crippen molar-refractivity contribution in [2.24, 2.45) is 4.99 Å². The Morgan fingerprint density at radius 3 is 2.77 bits per heavy atom. The number of aliphatic imine (C=N–C) groups is 1. The van der Waals surface area contributed by atoms with Crippen molar-refractivity contribution >= 4 is 41.5 Å². The van der Waals surface area contributed by atoms with Crippen molar-refractivity contribution in [2.45, 2.75) is 63.6 Å². The molecular formula is C22H32ClIN6O. The molecule has 2 aliphatic heterocycles. The Labute approximate surface area is 206 Å². The van der Waals surface area contributed by atoms with Gasteiger partial charge in [0.15, 0.2) is 5.96 Å². The van der Waals surface area contributed by atoms with E-state index in [9.17, 15) is 0 Å². The lowest BCUT2D eigenvalue weighted by molar-refractivity contribution is 0.0526. The van der Waals surface area contributed by atoms with Gasteiger partial charge < -0.3 is 20.1 Å². The molecule has 170 valence electrons. The van der Waals surface area contributed by atoms with E-state index in [0.29, 0.717) is 47.8 Å². The molecule has 0 spiro atoms. The van der Waals surface area contributed by atoms with E-state index in [1.165, 1.54) is 32.1 Å². The predicted molar refractivity (Wildman–Crippen MR) is 135 cm³/mol. The van der Waals surface area contributed by atoms with Gasteiger partial charge in [0.25, 0.3) is 0 Å². The van der Waals surface area contributed by atoms with Gasteiger partial charge in [-0.1, -0.05) is 35.3 Å². The van der Waals surface area contributed by atoms with Crippen LogP contribution in [0.3, 0.4) is 0 Å². The van der Waals surface area contributed by atoms with Gasteiger partial charge in [0, 0.05) is 41.7 Å². The van der Waals surface area contributed by atoms with E-state index in [0.717, 1.165) is 18.1 Å². The molecule has 2 aliphatic rings. The van der Waals surface area contributed by atoms with Crippen LogP contribution >= 0.6 is 35.6 Å². The van der Waals surface area contributed by atoms with Crippen molar-refractivity contribution < 1.29 is 4.52 Å². The fourth-order valence-corrected chi connectivity index (χ4v) is 4.80. The summed E-state index contributed by atoms with van der Waals surface area (Å²) in [4.78, 5) is 11.8. The molecule has 2 unspecified atom stereocenters. The Balaban J connectivity index is 0.00000272. The molecule has 2 atom stereocenters. The first-order valence-electron chi connectivity index (χ1n) is 11.0. The summed E-state index contributed by atoms with van der Waals surface area (Å²) in [6, 6.07) is 9.33. The van der Waals surface area contributed by atoms with E-state index < -0.39 is 0 Å². The average molecular weight is 559 g/mol. The van der Waals surface area contributed by atoms with Crippen LogP contribution in [0, 0.1) is 0 Å². The second-order valence-corrected chi connectivity index (χ2v) is 8.69. The summed E-state index contributed by atoms with van der Waals surface area (Å²) in [6.45, 7) is 3.52. The van der Waals surface area contributed by atoms with Crippen LogP contribution in [0.25, 0.3) is 11.4 Å². The summed E-state index contributed by atoms with van der Waals surface area (Å²) in [5.74, 6) is 2.01. The first-order chi connectivity index (χ1) is 14.6. The SMILES string of the molecule is CCNC(=NCCc1nc(-c2cccc(Cl)c2)no1)NC1CC2CCCC(C1)N2C.I. The van der Waals surface area contributed by atoms with Gasteiger partial charge in [-0.05, 0) is 51.8 Å². The summed E-state index contributed by atoms with van der Waals surface area (Å²) in [5, 5.41) is 11.8. The van der Waals surface area contributed by atoms with Crippen LogP contribution in [-0.4, -0.2) is 59.3 Å². The third-order valence-corrected chi connectivity index (χ3v) is 6.41. The van der Waals surface area contributed by atoms with Crippen LogP contribution in [0.4, 0.5) is 0 Å². The average Bonchev–Trinajstić information content (AvgIpc) is 3.18. The molecule has 0 radical (unpaired) electrons. The summed E-state index contributed by atoms with van der Waals surface area (Å²) in [6.07, 6.45) is 6.95. The quantitative estimate of drug-likeness (QED) is 0.316. The number of benzene rings is 1. The first kappa shape index (κ1) is 24.3. The molecule has 1 aromatic carbocycles. The zero-order valence-electron chi connectivity index (χ0n) is 18.2. The monoisotopic (exact) mass is 558 g/mol. The minimum absolute atomic E-state index is 0. The Kier molecular flexibility index (Phi) is 8.97. The molecule has 31 heavy (non-hydrogen) atoms. The fraction of sp³-hybridized carbons (Fsp3) is 0.591. The second-order valence-electron chi connectivity index (χ2n) is 8.25. The minimum atomic E-state index is 0. The van der Waals surface area contributed by atoms with E-state index >= 15 is 0 Å². The predicted octanol–water partition coefficient (Wildman–Crippen LogP) is 4.12. The minimum Gasteiger partial charge on any atom is -0.357 e. The fourth-order valence-electron chi connectivity index (χ4n) is 4.61. The number of rotatable bonds is 6. The molecule has 2 aromatic rings. The lowest BCUT2D eigenvalue weighted by atomic mass is 9.82. The van der Waals surface area contributed by atoms with Crippen molar-refractivity contribution in [3.8, 4) is 11.4 Å². The highest BCUT2D eigenvalue weighted by atomic mass is 127. The second kappa shape index (κ2) is 11.5. The van der Waals surface area contributed by atoms with Gasteiger partial charge >= 0.3 is 0 Å². The van der Waals surface area contributed by atoms with Crippen molar-refractivity contribution in [3.05, 3.63) is 35.2 Å². The molecule has 0 amide bonds. The van der Waals surface area contributed by atoms with E-state index in [4.69, 9.17) is 21.1 Å². The first-order valence-corrected chi connectivity index (χ1v) is 11.4. The smallest absolute Gasteiger partial charge is 0.228 e. The summed E-state index contributed by atoms with van der Waals surface area (Å²) in [5.41, 5.74) is 0.851. The van der Waals surface area contributed by atoms with Crippen LogP contribution in [-0.2, 0) is 6.42 Å². The highest BCUT2D eigenvalue weighted by Gasteiger charge is 2.36. The maximum atomic E-state index is 6.05. The van der Waals surface area contributed by atoms with Gasteiger partial charge in [-0.25, -0.2) is 0 Å². The Bertz CT molecular complexity index is 861. The Morgan fingerprint density at radius 2 is 2.06 bits per heavy atom. The molecule has 7 nitrogen and oxygen atoms in total. The largest absolute Gasteiger partial charge is 0.357 e. The van der Waals surface area contributed by atoms with Crippen molar-refractivity contribution in [1.29, 1.82) is 0 Å². The lowest BCUT2D eigenvalue weighted by Crippen LogP contribution is -2.56. The summed E-state index contributed by atoms with van der Waals surface area (Å²) < 4.78 is 5.39. The molecule has 2 N–H and O–H groups in total.